The SMILES string of the molecule is Cc1noc2nc(-c3cccs3)cc(C(=O)NCCc3ccc(O)cc3)c12. The first-order valence-corrected chi connectivity index (χ1v) is 9.37. The van der Waals surface area contributed by atoms with E-state index in [1.165, 1.54) is 0 Å². The van der Waals surface area contributed by atoms with Crippen LogP contribution >= 0.6 is 11.3 Å². The Bertz CT molecular complexity index is 1090. The molecule has 0 saturated heterocycles. The fraction of sp³-hybridized carbons (Fsp3) is 0.150. The second-order valence-electron chi connectivity index (χ2n) is 6.15. The number of thiophene rings is 1. The van der Waals surface area contributed by atoms with Crippen LogP contribution in [0.5, 0.6) is 5.75 Å². The minimum absolute atomic E-state index is 0.190. The minimum atomic E-state index is -0.190. The van der Waals surface area contributed by atoms with Gasteiger partial charge in [-0.05, 0) is 48.6 Å². The Labute approximate surface area is 159 Å². The lowest BCUT2D eigenvalue weighted by Gasteiger charge is -2.08. The molecule has 6 nitrogen and oxygen atoms in total. The molecule has 0 aliphatic heterocycles. The van der Waals surface area contributed by atoms with Gasteiger partial charge in [0.25, 0.3) is 11.6 Å². The van der Waals surface area contributed by atoms with Crippen LogP contribution in [-0.4, -0.2) is 27.7 Å². The van der Waals surface area contributed by atoms with Crippen molar-refractivity contribution >= 4 is 28.3 Å². The molecule has 0 unspecified atom stereocenters. The number of aromatic nitrogens is 2. The Balaban J connectivity index is 1.58. The minimum Gasteiger partial charge on any atom is -0.508 e. The summed E-state index contributed by atoms with van der Waals surface area (Å²) in [6.45, 7) is 2.28. The molecule has 0 aliphatic carbocycles. The van der Waals surface area contributed by atoms with Gasteiger partial charge in [0.2, 0.25) is 0 Å². The summed E-state index contributed by atoms with van der Waals surface area (Å²) in [5.41, 5.74) is 3.24. The van der Waals surface area contributed by atoms with Crippen molar-refractivity contribution in [3.05, 3.63) is 64.7 Å². The number of fused-ring (bicyclic) bond motifs is 1. The zero-order valence-corrected chi connectivity index (χ0v) is 15.4. The molecule has 0 aliphatic rings. The lowest BCUT2D eigenvalue weighted by molar-refractivity contribution is 0.0955. The number of carbonyl (C=O) groups is 1. The topological polar surface area (TPSA) is 88.2 Å². The van der Waals surface area contributed by atoms with E-state index in [0.29, 0.717) is 41.0 Å². The molecule has 0 bridgehead atoms. The van der Waals surface area contributed by atoms with Crippen molar-refractivity contribution in [2.45, 2.75) is 13.3 Å². The van der Waals surface area contributed by atoms with Gasteiger partial charge in [0, 0.05) is 6.54 Å². The standard InChI is InChI=1S/C20H17N3O3S/c1-12-18-15(19(25)21-9-8-13-4-6-14(24)7-5-13)11-16(17-3-2-10-27-17)22-20(18)26-23-12/h2-7,10-11,24H,8-9H2,1H3,(H,21,25). The van der Waals surface area contributed by atoms with Crippen molar-refractivity contribution in [1.82, 2.24) is 15.5 Å². The summed E-state index contributed by atoms with van der Waals surface area (Å²) < 4.78 is 5.30. The van der Waals surface area contributed by atoms with E-state index in [1.54, 1.807) is 36.5 Å². The van der Waals surface area contributed by atoms with Gasteiger partial charge < -0.3 is 14.9 Å². The molecule has 3 heterocycles. The Morgan fingerprint density at radius 1 is 1.26 bits per heavy atom. The van der Waals surface area contributed by atoms with Gasteiger partial charge in [0.1, 0.15) is 5.75 Å². The molecule has 0 saturated carbocycles. The van der Waals surface area contributed by atoms with Crippen LogP contribution in [0.3, 0.4) is 0 Å². The van der Waals surface area contributed by atoms with Crippen LogP contribution in [0.15, 0.2) is 52.4 Å². The van der Waals surface area contributed by atoms with Crippen molar-refractivity contribution in [3.63, 3.8) is 0 Å². The molecule has 0 fully saturated rings. The molecule has 0 spiro atoms. The van der Waals surface area contributed by atoms with Crippen molar-refractivity contribution in [3.8, 4) is 16.3 Å². The molecule has 2 N–H and O–H groups in total. The zero-order chi connectivity index (χ0) is 18.8. The number of hydrogen-bond acceptors (Lipinski definition) is 6. The summed E-state index contributed by atoms with van der Waals surface area (Å²) in [7, 11) is 0. The molecular formula is C20H17N3O3S. The zero-order valence-electron chi connectivity index (χ0n) is 14.6. The van der Waals surface area contributed by atoms with Gasteiger partial charge in [-0.2, -0.15) is 0 Å². The highest BCUT2D eigenvalue weighted by atomic mass is 32.1. The van der Waals surface area contributed by atoms with Crippen LogP contribution in [0.4, 0.5) is 0 Å². The second-order valence-corrected chi connectivity index (χ2v) is 7.10. The van der Waals surface area contributed by atoms with Crippen LogP contribution in [0.1, 0.15) is 21.6 Å². The number of amides is 1. The Hall–Kier alpha value is -3.19. The molecule has 1 aromatic carbocycles. The molecule has 0 atom stereocenters. The first kappa shape index (κ1) is 17.2. The van der Waals surface area contributed by atoms with Gasteiger partial charge in [-0.15, -0.1) is 11.3 Å². The first-order valence-electron chi connectivity index (χ1n) is 8.49. The average molecular weight is 379 g/mol. The van der Waals surface area contributed by atoms with Gasteiger partial charge in [0.05, 0.1) is 27.2 Å². The summed E-state index contributed by atoms with van der Waals surface area (Å²) >= 11 is 1.55. The fourth-order valence-corrected chi connectivity index (χ4v) is 3.59. The smallest absolute Gasteiger partial charge is 0.259 e. The number of aryl methyl sites for hydroxylation is 1. The highest BCUT2D eigenvalue weighted by Gasteiger charge is 2.19. The lowest BCUT2D eigenvalue weighted by atomic mass is 10.1. The Morgan fingerprint density at radius 3 is 2.81 bits per heavy atom. The Morgan fingerprint density at radius 2 is 2.07 bits per heavy atom. The highest BCUT2D eigenvalue weighted by molar-refractivity contribution is 7.13. The number of nitrogens with one attached hydrogen (secondary N) is 1. The Kier molecular flexibility index (Phi) is 4.60. The van der Waals surface area contributed by atoms with Crippen LogP contribution < -0.4 is 5.32 Å². The molecule has 27 heavy (non-hydrogen) atoms. The number of nitrogens with zero attached hydrogens (tertiary/aromatic N) is 2. The number of aromatic hydroxyl groups is 1. The molecule has 1 amide bonds. The van der Waals surface area contributed by atoms with Crippen molar-refractivity contribution in [2.75, 3.05) is 6.54 Å². The number of pyridine rings is 1. The lowest BCUT2D eigenvalue weighted by Crippen LogP contribution is -2.26. The van der Waals surface area contributed by atoms with Crippen LogP contribution in [0, 0.1) is 6.92 Å². The van der Waals surface area contributed by atoms with Crippen LogP contribution in [-0.2, 0) is 6.42 Å². The summed E-state index contributed by atoms with van der Waals surface area (Å²) in [6.07, 6.45) is 0.667. The third-order valence-corrected chi connectivity index (χ3v) is 5.16. The second kappa shape index (κ2) is 7.20. The number of phenols is 1. The van der Waals surface area contributed by atoms with Crippen LogP contribution in [0.2, 0.25) is 0 Å². The third-order valence-electron chi connectivity index (χ3n) is 4.27. The molecule has 4 rings (SSSR count). The molecular weight excluding hydrogens is 362 g/mol. The van der Waals surface area contributed by atoms with Crippen molar-refractivity contribution < 1.29 is 14.4 Å². The quantitative estimate of drug-likeness (QED) is 0.548. The maximum atomic E-state index is 12.8. The predicted molar refractivity (Wildman–Crippen MR) is 104 cm³/mol. The number of rotatable bonds is 5. The average Bonchev–Trinajstić information content (AvgIpc) is 3.33. The summed E-state index contributed by atoms with van der Waals surface area (Å²) in [5.74, 6) is 0.0382. The van der Waals surface area contributed by atoms with E-state index < -0.39 is 0 Å². The highest BCUT2D eigenvalue weighted by Crippen LogP contribution is 2.29. The normalized spacial score (nSPS) is 11.0. The van der Waals surface area contributed by atoms with E-state index >= 15 is 0 Å². The maximum absolute atomic E-state index is 12.8. The number of benzene rings is 1. The summed E-state index contributed by atoms with van der Waals surface area (Å²) in [6, 6.07) is 12.6. The maximum Gasteiger partial charge on any atom is 0.259 e. The van der Waals surface area contributed by atoms with Gasteiger partial charge in [-0.1, -0.05) is 23.4 Å². The van der Waals surface area contributed by atoms with Gasteiger partial charge in [-0.25, -0.2) is 4.98 Å². The van der Waals surface area contributed by atoms with Crippen molar-refractivity contribution in [2.24, 2.45) is 0 Å². The van der Waals surface area contributed by atoms with E-state index in [1.807, 2.05) is 29.6 Å². The molecule has 4 aromatic rings. The third kappa shape index (κ3) is 3.54. The van der Waals surface area contributed by atoms with Crippen molar-refractivity contribution in [1.29, 1.82) is 0 Å². The largest absolute Gasteiger partial charge is 0.508 e. The summed E-state index contributed by atoms with van der Waals surface area (Å²) in [4.78, 5) is 18.3. The number of hydrogen-bond donors (Lipinski definition) is 2. The van der Waals surface area contributed by atoms with E-state index in [2.05, 4.69) is 15.5 Å². The number of carbonyl (C=O) groups excluding carboxylic acids is 1. The van der Waals surface area contributed by atoms with E-state index in [0.717, 1.165) is 10.4 Å². The van der Waals surface area contributed by atoms with Gasteiger partial charge in [-0.3, -0.25) is 4.79 Å². The molecule has 7 heteroatoms. The van der Waals surface area contributed by atoms with Crippen LogP contribution in [0.25, 0.3) is 21.7 Å². The fourth-order valence-electron chi connectivity index (χ4n) is 2.90. The predicted octanol–water partition coefficient (Wildman–Crippen LogP) is 3.94. The first-order chi connectivity index (χ1) is 13.1. The van der Waals surface area contributed by atoms with E-state index in [4.69, 9.17) is 4.52 Å². The monoisotopic (exact) mass is 379 g/mol. The molecule has 0 radical (unpaired) electrons. The van der Waals surface area contributed by atoms with Gasteiger partial charge >= 0.3 is 0 Å². The van der Waals surface area contributed by atoms with E-state index in [-0.39, 0.29) is 11.7 Å². The molecule has 136 valence electrons. The number of phenolic OH excluding ortho intramolecular Hbond substituents is 1. The summed E-state index contributed by atoms with van der Waals surface area (Å²) in [5, 5.41) is 18.8. The van der Waals surface area contributed by atoms with Gasteiger partial charge in [0.15, 0.2) is 0 Å². The molecule has 3 aromatic heterocycles. The van der Waals surface area contributed by atoms with E-state index in [9.17, 15) is 9.90 Å².